The molecule has 0 bridgehead atoms. The van der Waals surface area contributed by atoms with E-state index in [1.165, 1.54) is 12.0 Å². The van der Waals surface area contributed by atoms with Crippen LogP contribution in [0.4, 0.5) is 0 Å². The molecule has 0 aromatic heterocycles. The predicted molar refractivity (Wildman–Crippen MR) is 88.6 cm³/mol. The van der Waals surface area contributed by atoms with E-state index in [-0.39, 0.29) is 0 Å². The minimum Gasteiger partial charge on any atom is -0.383 e. The average molecular weight is 290 g/mol. The highest BCUT2D eigenvalue weighted by Crippen LogP contribution is 2.16. The van der Waals surface area contributed by atoms with Gasteiger partial charge in [0.05, 0.1) is 6.61 Å². The van der Waals surface area contributed by atoms with Gasteiger partial charge in [-0.25, -0.2) is 0 Å². The fourth-order valence-electron chi connectivity index (χ4n) is 3.23. The highest BCUT2D eigenvalue weighted by atomic mass is 16.5. The van der Waals surface area contributed by atoms with Crippen LogP contribution in [0.15, 0.2) is 30.3 Å². The molecule has 1 aromatic rings. The summed E-state index contributed by atoms with van der Waals surface area (Å²) in [5, 5.41) is 3.74. The molecule has 0 spiro atoms. The average Bonchev–Trinajstić information content (AvgIpc) is 2.48. The number of hydrogen-bond acceptors (Lipinski definition) is 3. The normalized spacial score (nSPS) is 23.6. The monoisotopic (exact) mass is 290 g/mol. The Kier molecular flexibility index (Phi) is 6.68. The first-order valence-electron chi connectivity index (χ1n) is 8.19. The Labute approximate surface area is 129 Å². The molecule has 2 rings (SSSR count). The van der Waals surface area contributed by atoms with Gasteiger partial charge in [-0.2, -0.15) is 0 Å². The fraction of sp³-hybridized carbons (Fsp3) is 0.667. The maximum Gasteiger partial charge on any atom is 0.0589 e. The molecule has 2 unspecified atom stereocenters. The first-order valence-corrected chi connectivity index (χ1v) is 8.19. The van der Waals surface area contributed by atoms with E-state index in [0.29, 0.717) is 12.1 Å². The number of hydrogen-bond donors (Lipinski definition) is 1. The van der Waals surface area contributed by atoms with Crippen LogP contribution in [0, 0.1) is 5.92 Å². The highest BCUT2D eigenvalue weighted by molar-refractivity contribution is 5.16. The second-order valence-electron chi connectivity index (χ2n) is 6.57. The van der Waals surface area contributed by atoms with E-state index in [4.69, 9.17) is 4.74 Å². The van der Waals surface area contributed by atoms with Crippen LogP contribution in [0.5, 0.6) is 0 Å². The summed E-state index contributed by atoms with van der Waals surface area (Å²) in [4.78, 5) is 2.61. The lowest BCUT2D eigenvalue weighted by Crippen LogP contribution is -2.58. The standard InChI is InChI=1S/C18H30N2O/c1-15(2)11-17-14-20(9-10-21-3)18(13-19-17)12-16-7-5-4-6-8-16/h4-8,15,17-19H,9-14H2,1-3H3. The van der Waals surface area contributed by atoms with Crippen molar-refractivity contribution in [2.75, 3.05) is 33.4 Å². The van der Waals surface area contributed by atoms with Gasteiger partial charge in [0, 0.05) is 38.8 Å². The third-order valence-electron chi connectivity index (χ3n) is 4.27. The van der Waals surface area contributed by atoms with E-state index in [9.17, 15) is 0 Å². The summed E-state index contributed by atoms with van der Waals surface area (Å²) in [5.74, 6) is 0.748. The van der Waals surface area contributed by atoms with Crippen molar-refractivity contribution in [3.63, 3.8) is 0 Å². The van der Waals surface area contributed by atoms with Gasteiger partial charge in [0.15, 0.2) is 0 Å². The van der Waals surface area contributed by atoms with Crippen LogP contribution in [0.3, 0.4) is 0 Å². The zero-order valence-electron chi connectivity index (χ0n) is 13.7. The molecule has 1 saturated heterocycles. The van der Waals surface area contributed by atoms with Crippen molar-refractivity contribution < 1.29 is 4.74 Å². The van der Waals surface area contributed by atoms with Crippen LogP contribution < -0.4 is 5.32 Å². The number of ether oxygens (including phenoxy) is 1. The number of rotatable bonds is 7. The molecular weight excluding hydrogens is 260 g/mol. The summed E-state index contributed by atoms with van der Waals surface area (Å²) >= 11 is 0. The van der Waals surface area contributed by atoms with Crippen LogP contribution >= 0.6 is 0 Å². The Hall–Kier alpha value is -0.900. The van der Waals surface area contributed by atoms with Crippen molar-refractivity contribution >= 4 is 0 Å². The molecule has 0 aliphatic carbocycles. The maximum absolute atomic E-state index is 5.30. The summed E-state index contributed by atoms with van der Waals surface area (Å²) in [6, 6.07) is 12.0. The molecule has 1 aliphatic rings. The minimum atomic E-state index is 0.575. The summed E-state index contributed by atoms with van der Waals surface area (Å²) in [7, 11) is 1.79. The zero-order chi connectivity index (χ0) is 15.1. The Morgan fingerprint density at radius 3 is 2.71 bits per heavy atom. The Morgan fingerprint density at radius 1 is 1.29 bits per heavy atom. The van der Waals surface area contributed by atoms with Gasteiger partial charge >= 0.3 is 0 Å². The van der Waals surface area contributed by atoms with Gasteiger partial charge in [-0.1, -0.05) is 44.2 Å². The van der Waals surface area contributed by atoms with Crippen molar-refractivity contribution in [2.45, 2.75) is 38.8 Å². The molecule has 0 amide bonds. The first kappa shape index (κ1) is 16.5. The van der Waals surface area contributed by atoms with Crippen molar-refractivity contribution in [3.8, 4) is 0 Å². The smallest absolute Gasteiger partial charge is 0.0589 e. The van der Waals surface area contributed by atoms with E-state index in [1.54, 1.807) is 7.11 Å². The van der Waals surface area contributed by atoms with E-state index < -0.39 is 0 Å². The molecule has 1 heterocycles. The number of methoxy groups -OCH3 is 1. The van der Waals surface area contributed by atoms with Gasteiger partial charge in [0.25, 0.3) is 0 Å². The lowest BCUT2D eigenvalue weighted by atomic mass is 9.97. The Balaban J connectivity index is 1.95. The summed E-state index contributed by atoms with van der Waals surface area (Å²) < 4.78 is 5.30. The quantitative estimate of drug-likeness (QED) is 0.835. The van der Waals surface area contributed by atoms with Crippen molar-refractivity contribution in [2.24, 2.45) is 5.92 Å². The third kappa shape index (κ3) is 5.42. The van der Waals surface area contributed by atoms with Crippen LogP contribution in [-0.2, 0) is 11.2 Å². The topological polar surface area (TPSA) is 24.5 Å². The van der Waals surface area contributed by atoms with Gasteiger partial charge < -0.3 is 10.1 Å². The number of nitrogens with zero attached hydrogens (tertiary/aromatic N) is 1. The molecule has 118 valence electrons. The van der Waals surface area contributed by atoms with Gasteiger partial charge in [0.2, 0.25) is 0 Å². The molecule has 2 atom stereocenters. The summed E-state index contributed by atoms with van der Waals surface area (Å²) in [5.41, 5.74) is 1.43. The maximum atomic E-state index is 5.30. The predicted octanol–water partition coefficient (Wildman–Crippen LogP) is 2.56. The van der Waals surface area contributed by atoms with E-state index in [2.05, 4.69) is 54.4 Å². The molecule has 0 radical (unpaired) electrons. The minimum absolute atomic E-state index is 0.575. The largest absolute Gasteiger partial charge is 0.383 e. The molecule has 0 saturated carbocycles. The van der Waals surface area contributed by atoms with E-state index >= 15 is 0 Å². The lowest BCUT2D eigenvalue weighted by Gasteiger charge is -2.41. The van der Waals surface area contributed by atoms with Crippen molar-refractivity contribution in [1.29, 1.82) is 0 Å². The second-order valence-corrected chi connectivity index (χ2v) is 6.57. The van der Waals surface area contributed by atoms with E-state index in [0.717, 1.165) is 38.6 Å². The Morgan fingerprint density at radius 2 is 2.05 bits per heavy atom. The number of benzene rings is 1. The third-order valence-corrected chi connectivity index (χ3v) is 4.27. The summed E-state index contributed by atoms with van der Waals surface area (Å²) in [6.45, 7) is 8.67. The van der Waals surface area contributed by atoms with Gasteiger partial charge in [-0.15, -0.1) is 0 Å². The van der Waals surface area contributed by atoms with Crippen molar-refractivity contribution in [3.05, 3.63) is 35.9 Å². The van der Waals surface area contributed by atoms with Crippen LogP contribution in [-0.4, -0.2) is 50.3 Å². The van der Waals surface area contributed by atoms with E-state index in [1.807, 2.05) is 0 Å². The highest BCUT2D eigenvalue weighted by Gasteiger charge is 2.27. The lowest BCUT2D eigenvalue weighted by molar-refractivity contribution is 0.0819. The molecule has 21 heavy (non-hydrogen) atoms. The molecule has 1 aromatic carbocycles. The Bertz CT molecular complexity index is 393. The van der Waals surface area contributed by atoms with Gasteiger partial charge in [-0.05, 0) is 24.3 Å². The van der Waals surface area contributed by atoms with Crippen LogP contribution in [0.2, 0.25) is 0 Å². The SMILES string of the molecule is COCCN1CC(CC(C)C)NCC1Cc1ccccc1. The molecule has 1 fully saturated rings. The molecule has 3 nitrogen and oxygen atoms in total. The van der Waals surface area contributed by atoms with Crippen molar-refractivity contribution in [1.82, 2.24) is 10.2 Å². The molecule has 1 aliphatic heterocycles. The number of piperazine rings is 1. The molecule has 1 N–H and O–H groups in total. The molecule has 3 heteroatoms. The van der Waals surface area contributed by atoms with Crippen LogP contribution in [0.25, 0.3) is 0 Å². The van der Waals surface area contributed by atoms with Gasteiger partial charge in [0.1, 0.15) is 0 Å². The summed E-state index contributed by atoms with van der Waals surface area (Å²) in [6.07, 6.45) is 2.37. The van der Waals surface area contributed by atoms with Gasteiger partial charge in [-0.3, -0.25) is 4.90 Å². The molecular formula is C18H30N2O. The number of nitrogens with one attached hydrogen (secondary N) is 1. The fourth-order valence-corrected chi connectivity index (χ4v) is 3.23. The zero-order valence-corrected chi connectivity index (χ0v) is 13.7. The van der Waals surface area contributed by atoms with Crippen LogP contribution in [0.1, 0.15) is 25.8 Å². The second kappa shape index (κ2) is 8.52. The first-order chi connectivity index (χ1) is 10.2.